The van der Waals surface area contributed by atoms with Crippen LogP contribution in [0.3, 0.4) is 0 Å². The molecule has 3 aliphatic heterocycles. The molecule has 0 aromatic heterocycles. The Morgan fingerprint density at radius 2 is 1.09 bits per heavy atom. The number of amides is 11. The summed E-state index contributed by atoms with van der Waals surface area (Å²) in [5, 5.41) is 69.5. The zero-order valence-electron chi connectivity index (χ0n) is 83.6. The molecule has 2 aromatic carbocycles. The highest BCUT2D eigenvalue weighted by molar-refractivity contribution is 6.13. The lowest BCUT2D eigenvalue weighted by atomic mass is 9.89. The smallest absolute Gasteiger partial charge is 0.410 e. The fourth-order valence-corrected chi connectivity index (χ4v) is 15.7. The normalized spacial score (nSPS) is 18.6. The molecule has 0 bridgehead atoms. The van der Waals surface area contributed by atoms with Crippen molar-refractivity contribution in [2.24, 2.45) is 23.7 Å². The maximum Gasteiger partial charge on any atom is 0.410 e. The van der Waals surface area contributed by atoms with Gasteiger partial charge in [0, 0.05) is 105 Å². The number of benzene rings is 2. The SMILES string of the molecule is CC[C@H](C)[C@@H]([C@@H](CC(=O)N1CCC[C@H]1[C@H](OC)[C@@H](C)C(=O)N[C@H](C)[C@@H](O)c1ccccc1)OC)N(C)C(=O)[C@@H](NC(=O)[C@H](C(C)C)N(C)C(=O)OCc1ccc(O[C@@H]2O[C@H](C(=O)O)[C@@H](O)[C@H](O)[C@H]2O)c(CNC(=O)CCNC(=O)[C@H](CCCCNC(=O)CCOCCOCCOCCOCCOCCOCCOCCOCCOCCOCCOCCOC)NC(=O)CCN2C(=O)C=CC2=O)c1)C(C)C. The third-order valence-electron chi connectivity index (χ3n) is 23.7. The summed E-state index contributed by atoms with van der Waals surface area (Å²) < 4.78 is 94.6. The molecular formula is C96H156N10O34. The van der Waals surface area contributed by atoms with Gasteiger partial charge in [0.1, 0.15) is 48.8 Å². The van der Waals surface area contributed by atoms with Crippen molar-refractivity contribution in [1.29, 1.82) is 0 Å². The average molecular weight is 1990 g/mol. The van der Waals surface area contributed by atoms with E-state index in [0.717, 1.165) is 22.0 Å². The average Bonchev–Trinajstić information content (AvgIpc) is 0.819. The third kappa shape index (κ3) is 44.0. The molecule has 2 fully saturated rings. The Bertz CT molecular complexity index is 3990. The second kappa shape index (κ2) is 68.9. The van der Waals surface area contributed by atoms with Crippen LogP contribution in [0.4, 0.5) is 4.79 Å². The third-order valence-corrected chi connectivity index (χ3v) is 23.7. The van der Waals surface area contributed by atoms with Crippen LogP contribution in [0, 0.1) is 23.7 Å². The molecule has 11 amide bonds. The Labute approximate surface area is 821 Å². The van der Waals surface area contributed by atoms with E-state index in [1.54, 1.807) is 84.9 Å². The summed E-state index contributed by atoms with van der Waals surface area (Å²) in [4.78, 5) is 168. The molecule has 11 N–H and O–H groups in total. The molecule has 44 heteroatoms. The van der Waals surface area contributed by atoms with Crippen LogP contribution in [0.5, 0.6) is 5.75 Å². The van der Waals surface area contributed by atoms with E-state index in [0.29, 0.717) is 176 Å². The molecule has 3 aliphatic rings. The topological polar surface area (TPSA) is 548 Å². The van der Waals surface area contributed by atoms with Gasteiger partial charge in [0.2, 0.25) is 53.5 Å². The Morgan fingerprint density at radius 1 is 0.557 bits per heavy atom. The van der Waals surface area contributed by atoms with Crippen molar-refractivity contribution >= 4 is 71.1 Å². The van der Waals surface area contributed by atoms with Crippen molar-refractivity contribution in [2.75, 3.05) is 214 Å². The number of aliphatic carboxylic acids is 1. The molecule has 5 rings (SSSR count). The molecule has 0 unspecified atom stereocenters. The van der Waals surface area contributed by atoms with E-state index in [1.807, 2.05) is 19.9 Å². The van der Waals surface area contributed by atoms with Crippen molar-refractivity contribution < 1.29 is 164 Å². The molecular weight excluding hydrogens is 1840 g/mol. The fraction of sp³-hybridized carbons (Fsp3) is 0.729. The number of nitrogens with one attached hydrogen (secondary N) is 6. The quantitative estimate of drug-likeness (QED) is 0.0328. The van der Waals surface area contributed by atoms with E-state index >= 15 is 4.79 Å². The molecule has 794 valence electrons. The van der Waals surface area contributed by atoms with E-state index in [-0.39, 0.29) is 112 Å². The largest absolute Gasteiger partial charge is 0.479 e. The molecule has 44 nitrogen and oxygen atoms in total. The summed E-state index contributed by atoms with van der Waals surface area (Å²) in [5.41, 5.74) is 0.993. The van der Waals surface area contributed by atoms with Gasteiger partial charge >= 0.3 is 12.1 Å². The number of unbranched alkanes of at least 4 members (excludes halogenated alkanes) is 1. The summed E-state index contributed by atoms with van der Waals surface area (Å²) in [6, 6.07) is 7.69. The minimum Gasteiger partial charge on any atom is -0.479 e. The van der Waals surface area contributed by atoms with Gasteiger partial charge in [0.25, 0.3) is 11.8 Å². The number of imide groups is 1. The van der Waals surface area contributed by atoms with Crippen molar-refractivity contribution in [3.63, 3.8) is 0 Å². The first-order valence-corrected chi connectivity index (χ1v) is 48.3. The van der Waals surface area contributed by atoms with Crippen LogP contribution in [-0.4, -0.2) is 409 Å². The summed E-state index contributed by atoms with van der Waals surface area (Å²) >= 11 is 0. The molecule has 0 aliphatic carbocycles. The lowest BCUT2D eigenvalue weighted by molar-refractivity contribution is -0.271. The maximum atomic E-state index is 15.0. The number of aliphatic hydroxyl groups excluding tert-OH is 4. The van der Waals surface area contributed by atoms with Crippen LogP contribution in [0.2, 0.25) is 0 Å². The van der Waals surface area contributed by atoms with Crippen LogP contribution in [-0.2, 0) is 142 Å². The van der Waals surface area contributed by atoms with Crippen LogP contribution in [0.1, 0.15) is 142 Å². The monoisotopic (exact) mass is 1990 g/mol. The van der Waals surface area contributed by atoms with Crippen LogP contribution < -0.4 is 36.6 Å². The Balaban J connectivity index is 1.07. The fourth-order valence-electron chi connectivity index (χ4n) is 15.7. The van der Waals surface area contributed by atoms with Crippen molar-refractivity contribution in [3.05, 3.63) is 77.4 Å². The first-order chi connectivity index (χ1) is 67.2. The Kier molecular flexibility index (Phi) is 59.7. The number of carbonyl (C=O) groups excluding carboxylic acids is 11. The van der Waals surface area contributed by atoms with Gasteiger partial charge in [0.15, 0.2) is 6.10 Å². The van der Waals surface area contributed by atoms with E-state index in [2.05, 4.69) is 31.9 Å². The van der Waals surface area contributed by atoms with Gasteiger partial charge in [-0.05, 0) is 80.0 Å². The van der Waals surface area contributed by atoms with Crippen molar-refractivity contribution in [1.82, 2.24) is 51.5 Å². The first kappa shape index (κ1) is 121. The van der Waals surface area contributed by atoms with Gasteiger partial charge < -0.3 is 148 Å². The van der Waals surface area contributed by atoms with Crippen LogP contribution in [0.15, 0.2) is 60.7 Å². The summed E-state index contributed by atoms with van der Waals surface area (Å²) in [6.07, 6.45) is -9.85. The van der Waals surface area contributed by atoms with Gasteiger partial charge in [0.05, 0.1) is 201 Å². The van der Waals surface area contributed by atoms with Gasteiger partial charge in [-0.1, -0.05) is 91.3 Å². The van der Waals surface area contributed by atoms with Gasteiger partial charge in [-0.25, -0.2) is 9.59 Å². The number of methoxy groups -OCH3 is 3. The number of likely N-dealkylation sites (tertiary alicyclic amines) is 1. The lowest BCUT2D eigenvalue weighted by Gasteiger charge is -2.41. The summed E-state index contributed by atoms with van der Waals surface area (Å²) in [5.74, 6) is -9.31. The van der Waals surface area contributed by atoms with E-state index in [4.69, 9.17) is 80.5 Å². The molecule has 140 heavy (non-hydrogen) atoms. The number of carbonyl (C=O) groups is 12. The van der Waals surface area contributed by atoms with E-state index in [9.17, 15) is 78.3 Å². The molecule has 2 saturated heterocycles. The molecule has 0 radical (unpaired) electrons. The molecule has 0 saturated carbocycles. The zero-order valence-corrected chi connectivity index (χ0v) is 83.6. The molecule has 2 aromatic rings. The first-order valence-electron chi connectivity index (χ1n) is 48.3. The Morgan fingerprint density at radius 3 is 1.60 bits per heavy atom. The summed E-state index contributed by atoms with van der Waals surface area (Å²) in [6.45, 7) is 22.8. The predicted octanol–water partition coefficient (Wildman–Crippen LogP) is 1.28. The highest BCUT2D eigenvalue weighted by Crippen LogP contribution is 2.33. The number of aliphatic hydroxyl groups is 4. The number of nitrogens with zero attached hydrogens (tertiary/aromatic N) is 4. The molecule has 16 atom stereocenters. The van der Waals surface area contributed by atoms with Crippen LogP contribution >= 0.6 is 0 Å². The number of hydrogen-bond donors (Lipinski definition) is 11. The number of likely N-dealkylation sites (N-methyl/N-ethyl adjacent to an activating group) is 2. The second-order valence-corrected chi connectivity index (χ2v) is 34.8. The standard InChI is InChI=1S/C96H156N10O34/c1-14-65(6)83(74(125-12)60-80(112)105-34-20-24-72(105)88(126-13)66(7)90(117)100-67(8)84(113)69-21-16-15-17-22-69)103(9)93(120)81(63(2)3)102-92(119)82(64(4)5)104(10)96(123)138-62-68-25-26-73(139-95-87(116)85(114)86(115)89(140-95)94(121)122)70(59-68)61-99-75(107)29-33-98-91(118)71(101-77(109)30-35-106-78(110)27-28-79(106)111)23-18-19-32-97-76(108)31-36-127-39-40-129-43-44-131-47-48-133-51-52-135-55-56-137-58-57-136-54-53-134-50-49-132-46-45-130-42-41-128-38-37-124-11/h15-17,21-22,25-28,59,63-67,71-72,74,81-89,95,113-116H,14,18-20,23-24,29-58,60-62H2,1-13H3,(H,97,108)(H,98,118)(H,99,107)(H,100,117)(H,101,109)(H,102,119)(H,121,122)/t65-,66+,67+,71-,72-,74+,81-,82-,83-,84+,85-,86-,87+,88+,89-,95+/m0/s1. The summed E-state index contributed by atoms with van der Waals surface area (Å²) in [7, 11) is 7.51. The molecule has 0 spiro atoms. The molecule has 3 heterocycles. The lowest BCUT2D eigenvalue weighted by Crippen LogP contribution is -2.61. The maximum absolute atomic E-state index is 15.0. The van der Waals surface area contributed by atoms with Gasteiger partial charge in [-0.2, -0.15) is 0 Å². The minimum atomic E-state index is -2.07. The van der Waals surface area contributed by atoms with Crippen molar-refractivity contribution in [2.45, 2.75) is 218 Å². The second-order valence-electron chi connectivity index (χ2n) is 34.8. The zero-order chi connectivity index (χ0) is 103. The number of hydrogen-bond acceptors (Lipinski definition) is 33. The highest BCUT2D eigenvalue weighted by atomic mass is 16.7. The predicted molar refractivity (Wildman–Crippen MR) is 504 cm³/mol. The number of ether oxygens (including phenoxy) is 17. The van der Waals surface area contributed by atoms with Crippen molar-refractivity contribution in [3.8, 4) is 5.75 Å². The van der Waals surface area contributed by atoms with Gasteiger partial charge in [-0.15, -0.1) is 0 Å². The minimum absolute atomic E-state index is 0.0500. The number of carboxylic acid groups (broad SMARTS) is 1. The number of rotatable bonds is 76. The van der Waals surface area contributed by atoms with Gasteiger partial charge in [-0.3, -0.25) is 57.7 Å². The van der Waals surface area contributed by atoms with Crippen LogP contribution in [0.25, 0.3) is 0 Å². The highest BCUT2D eigenvalue weighted by Gasteiger charge is 2.49. The number of carboxylic acids is 1. The van der Waals surface area contributed by atoms with E-state index < -0.39 is 170 Å². The van der Waals surface area contributed by atoms with E-state index in [1.165, 1.54) is 44.4 Å². The Hall–Kier alpha value is -9.14.